The normalized spacial score (nSPS) is 18.5. The van der Waals surface area contributed by atoms with Gasteiger partial charge < -0.3 is 4.90 Å². The first-order valence-corrected chi connectivity index (χ1v) is 10.2. The van der Waals surface area contributed by atoms with Crippen molar-refractivity contribution in [1.82, 2.24) is 9.21 Å². The second-order valence-corrected chi connectivity index (χ2v) is 8.84. The summed E-state index contributed by atoms with van der Waals surface area (Å²) >= 11 is 0. The first kappa shape index (κ1) is 18.6. The predicted molar refractivity (Wildman–Crippen MR) is 101 cm³/mol. The number of sulfonamides is 1. The number of nitrogens with zero attached hydrogens (tertiary/aromatic N) is 2. The van der Waals surface area contributed by atoms with Gasteiger partial charge in [-0.25, -0.2) is 8.42 Å². The average Bonchev–Trinajstić information content (AvgIpc) is 3.08. The van der Waals surface area contributed by atoms with Crippen LogP contribution in [0.2, 0.25) is 0 Å². The van der Waals surface area contributed by atoms with Gasteiger partial charge in [-0.05, 0) is 37.1 Å². The highest BCUT2D eigenvalue weighted by atomic mass is 32.2. The van der Waals surface area contributed by atoms with Crippen molar-refractivity contribution in [3.05, 3.63) is 65.7 Å². The van der Waals surface area contributed by atoms with Crippen molar-refractivity contribution in [2.24, 2.45) is 5.92 Å². The highest BCUT2D eigenvalue weighted by molar-refractivity contribution is 7.89. The largest absolute Gasteiger partial charge is 0.320 e. The van der Waals surface area contributed by atoms with Gasteiger partial charge in [0.1, 0.15) is 6.17 Å². The Morgan fingerprint density at radius 3 is 2.19 bits per heavy atom. The van der Waals surface area contributed by atoms with Crippen LogP contribution in [-0.4, -0.2) is 42.8 Å². The minimum atomic E-state index is -3.66. The Morgan fingerprint density at radius 2 is 1.62 bits per heavy atom. The molecule has 2 aromatic carbocycles. The van der Waals surface area contributed by atoms with E-state index in [1.807, 2.05) is 39.0 Å². The molecule has 0 unspecified atom stereocenters. The van der Waals surface area contributed by atoms with Gasteiger partial charge in [-0.1, -0.05) is 49.7 Å². The lowest BCUT2D eigenvalue weighted by Gasteiger charge is -2.32. The van der Waals surface area contributed by atoms with E-state index >= 15 is 0 Å². The van der Waals surface area contributed by atoms with E-state index in [2.05, 4.69) is 0 Å². The van der Waals surface area contributed by atoms with E-state index in [0.717, 1.165) is 5.56 Å². The fraction of sp³-hybridized carbons (Fsp3) is 0.350. The van der Waals surface area contributed by atoms with Crippen molar-refractivity contribution >= 4 is 15.9 Å². The monoisotopic (exact) mass is 372 g/mol. The zero-order chi connectivity index (χ0) is 18.9. The van der Waals surface area contributed by atoms with Crippen LogP contribution in [0.25, 0.3) is 0 Å². The second kappa shape index (κ2) is 7.21. The number of hydrogen-bond acceptors (Lipinski definition) is 3. The van der Waals surface area contributed by atoms with E-state index in [9.17, 15) is 13.2 Å². The first-order valence-electron chi connectivity index (χ1n) is 8.77. The Kier molecular flexibility index (Phi) is 5.16. The fourth-order valence-electron chi connectivity index (χ4n) is 3.39. The minimum Gasteiger partial charge on any atom is -0.320 e. The molecule has 0 spiro atoms. The molecular weight excluding hydrogens is 348 g/mol. The highest BCUT2D eigenvalue weighted by Crippen LogP contribution is 2.29. The molecule has 0 radical (unpaired) electrons. The first-order chi connectivity index (χ1) is 12.3. The lowest BCUT2D eigenvalue weighted by Crippen LogP contribution is -2.47. The Morgan fingerprint density at radius 1 is 1.00 bits per heavy atom. The fourth-order valence-corrected chi connectivity index (χ4v) is 5.11. The summed E-state index contributed by atoms with van der Waals surface area (Å²) in [6, 6.07) is 15.8. The molecule has 1 aliphatic rings. The van der Waals surface area contributed by atoms with Crippen LogP contribution < -0.4 is 0 Å². The van der Waals surface area contributed by atoms with E-state index in [0.29, 0.717) is 18.7 Å². The van der Waals surface area contributed by atoms with Gasteiger partial charge in [0.15, 0.2) is 0 Å². The quantitative estimate of drug-likeness (QED) is 0.828. The van der Waals surface area contributed by atoms with Crippen LogP contribution in [0.1, 0.15) is 29.8 Å². The molecule has 2 aromatic rings. The maximum Gasteiger partial charge on any atom is 0.255 e. The molecule has 26 heavy (non-hydrogen) atoms. The molecule has 5 nitrogen and oxygen atoms in total. The SMILES string of the molecule is Cc1ccc(S(=O)(=O)N2CCN(C(=O)c3ccccc3)[C@H]2C(C)C)cc1. The van der Waals surface area contributed by atoms with Gasteiger partial charge in [0.25, 0.3) is 5.91 Å². The second-order valence-electron chi connectivity index (χ2n) is 6.95. The molecule has 1 fully saturated rings. The highest BCUT2D eigenvalue weighted by Gasteiger charge is 2.43. The van der Waals surface area contributed by atoms with Crippen LogP contribution in [0.5, 0.6) is 0 Å². The maximum atomic E-state index is 13.2. The van der Waals surface area contributed by atoms with Gasteiger partial charge in [0.2, 0.25) is 10.0 Å². The van der Waals surface area contributed by atoms with Crippen molar-refractivity contribution in [3.8, 4) is 0 Å². The van der Waals surface area contributed by atoms with Gasteiger partial charge in [0, 0.05) is 18.7 Å². The summed E-state index contributed by atoms with van der Waals surface area (Å²) in [6.45, 7) is 6.50. The molecule has 0 N–H and O–H groups in total. The summed E-state index contributed by atoms with van der Waals surface area (Å²) in [5, 5.41) is 0. The predicted octanol–water partition coefficient (Wildman–Crippen LogP) is 3.12. The average molecular weight is 372 g/mol. The van der Waals surface area contributed by atoms with Gasteiger partial charge in [-0.15, -0.1) is 0 Å². The standard InChI is InChI=1S/C20H24N2O3S/c1-15(2)19-21(20(23)17-7-5-4-6-8-17)13-14-22(19)26(24,25)18-11-9-16(3)10-12-18/h4-12,15,19H,13-14H2,1-3H3/t19-/m1/s1. The third kappa shape index (κ3) is 3.39. The number of hydrogen-bond donors (Lipinski definition) is 0. The Hall–Kier alpha value is -2.18. The summed E-state index contributed by atoms with van der Waals surface area (Å²) in [7, 11) is -3.66. The summed E-state index contributed by atoms with van der Waals surface area (Å²) in [5.74, 6) is -0.156. The van der Waals surface area contributed by atoms with Crippen LogP contribution in [0.15, 0.2) is 59.5 Å². The van der Waals surface area contributed by atoms with Crippen LogP contribution >= 0.6 is 0 Å². The third-order valence-electron chi connectivity index (χ3n) is 4.68. The molecule has 1 saturated heterocycles. The molecule has 1 aliphatic heterocycles. The molecule has 0 aliphatic carbocycles. The zero-order valence-corrected chi connectivity index (χ0v) is 16.1. The van der Waals surface area contributed by atoms with E-state index in [1.165, 1.54) is 4.31 Å². The molecule has 6 heteroatoms. The van der Waals surface area contributed by atoms with Crippen LogP contribution in [0, 0.1) is 12.8 Å². The molecule has 1 heterocycles. The van der Waals surface area contributed by atoms with E-state index in [1.54, 1.807) is 41.3 Å². The Labute approximate surface area is 155 Å². The number of aryl methyl sites for hydroxylation is 1. The molecule has 0 saturated carbocycles. The zero-order valence-electron chi connectivity index (χ0n) is 15.3. The van der Waals surface area contributed by atoms with E-state index < -0.39 is 16.2 Å². The number of amides is 1. The van der Waals surface area contributed by atoms with Gasteiger partial charge in [-0.3, -0.25) is 4.79 Å². The summed E-state index contributed by atoms with van der Waals surface area (Å²) in [6.07, 6.45) is -0.492. The van der Waals surface area contributed by atoms with Crippen LogP contribution in [-0.2, 0) is 10.0 Å². The van der Waals surface area contributed by atoms with Crippen molar-refractivity contribution in [2.45, 2.75) is 31.8 Å². The van der Waals surface area contributed by atoms with Crippen molar-refractivity contribution in [3.63, 3.8) is 0 Å². The maximum absolute atomic E-state index is 13.2. The number of carbonyl (C=O) groups is 1. The lowest BCUT2D eigenvalue weighted by atomic mass is 10.1. The molecule has 138 valence electrons. The molecule has 1 amide bonds. The topological polar surface area (TPSA) is 57.7 Å². The van der Waals surface area contributed by atoms with Crippen molar-refractivity contribution < 1.29 is 13.2 Å². The van der Waals surface area contributed by atoms with Crippen molar-refractivity contribution in [2.75, 3.05) is 13.1 Å². The third-order valence-corrected chi connectivity index (χ3v) is 6.57. The number of benzene rings is 2. The smallest absolute Gasteiger partial charge is 0.255 e. The summed E-state index contributed by atoms with van der Waals surface area (Å²) in [4.78, 5) is 14.9. The number of rotatable bonds is 4. The van der Waals surface area contributed by atoms with Gasteiger partial charge >= 0.3 is 0 Å². The summed E-state index contributed by atoms with van der Waals surface area (Å²) < 4.78 is 27.8. The van der Waals surface area contributed by atoms with Gasteiger partial charge in [-0.2, -0.15) is 4.31 Å². The molecule has 1 atom stereocenters. The lowest BCUT2D eigenvalue weighted by molar-refractivity contribution is 0.0633. The number of carbonyl (C=O) groups excluding carboxylic acids is 1. The molecular formula is C20H24N2O3S. The Bertz CT molecular complexity index is 877. The van der Waals surface area contributed by atoms with Crippen molar-refractivity contribution in [1.29, 1.82) is 0 Å². The van der Waals surface area contributed by atoms with Crippen LogP contribution in [0.3, 0.4) is 0 Å². The molecule has 0 bridgehead atoms. The molecule has 0 aromatic heterocycles. The minimum absolute atomic E-state index is 0.0228. The Balaban J connectivity index is 1.94. The summed E-state index contributed by atoms with van der Waals surface area (Å²) in [5.41, 5.74) is 1.58. The van der Waals surface area contributed by atoms with E-state index in [4.69, 9.17) is 0 Å². The van der Waals surface area contributed by atoms with Crippen LogP contribution in [0.4, 0.5) is 0 Å². The molecule has 3 rings (SSSR count). The van der Waals surface area contributed by atoms with Gasteiger partial charge in [0.05, 0.1) is 4.90 Å². The van der Waals surface area contributed by atoms with E-state index in [-0.39, 0.29) is 16.7 Å².